The summed E-state index contributed by atoms with van der Waals surface area (Å²) in [5.74, 6) is 0.340. The largest absolute Gasteiger partial charge is 0.444 e. The summed E-state index contributed by atoms with van der Waals surface area (Å²) >= 11 is 0. The number of aliphatic imine (C=N–C) groups is 1. The van der Waals surface area contributed by atoms with Crippen LogP contribution in [-0.4, -0.2) is 49.5 Å². The number of guanidine groups is 1. The Kier molecular flexibility index (Phi) is 12.4. The standard InChI is InChI=1S/C16H34N4O3.HI/c1-8-16(9-2,20-14(21)23-15(4,5)6)11-18-13(17)19-12(3)10-22-7;/h12H,8-11H2,1-7H3,(H,20,21)(H3,17,18,19);1H. The molecular weight excluding hydrogens is 423 g/mol. The maximum Gasteiger partial charge on any atom is 0.408 e. The van der Waals surface area contributed by atoms with Gasteiger partial charge in [-0.2, -0.15) is 0 Å². The number of carbonyl (C=O) groups is 1. The monoisotopic (exact) mass is 458 g/mol. The fraction of sp³-hybridized carbons (Fsp3) is 0.875. The summed E-state index contributed by atoms with van der Waals surface area (Å²) in [6, 6.07) is 0.0696. The lowest BCUT2D eigenvalue weighted by molar-refractivity contribution is 0.0452. The van der Waals surface area contributed by atoms with Crippen molar-refractivity contribution in [2.75, 3.05) is 20.3 Å². The molecule has 8 heteroatoms. The number of nitrogens with zero attached hydrogens (tertiary/aromatic N) is 1. The molecule has 7 nitrogen and oxygen atoms in total. The number of hydrogen-bond acceptors (Lipinski definition) is 4. The number of methoxy groups -OCH3 is 1. The third-order valence-corrected chi connectivity index (χ3v) is 3.48. The van der Waals surface area contributed by atoms with E-state index in [4.69, 9.17) is 15.2 Å². The Labute approximate surface area is 163 Å². The van der Waals surface area contributed by atoms with Crippen molar-refractivity contribution in [2.45, 2.75) is 71.6 Å². The quantitative estimate of drug-likeness (QED) is 0.295. The smallest absolute Gasteiger partial charge is 0.408 e. The van der Waals surface area contributed by atoms with E-state index in [2.05, 4.69) is 15.6 Å². The summed E-state index contributed by atoms with van der Waals surface area (Å²) in [4.78, 5) is 16.4. The molecule has 0 aliphatic heterocycles. The highest BCUT2D eigenvalue weighted by Crippen LogP contribution is 2.17. The Balaban J connectivity index is 0. The van der Waals surface area contributed by atoms with Crippen LogP contribution in [0, 0.1) is 0 Å². The second-order valence-corrected chi connectivity index (χ2v) is 6.82. The summed E-state index contributed by atoms with van der Waals surface area (Å²) in [5.41, 5.74) is 4.89. The summed E-state index contributed by atoms with van der Waals surface area (Å²) in [6.07, 6.45) is 1.02. The number of nitrogens with two attached hydrogens (primary N) is 1. The number of carbonyl (C=O) groups excluding carboxylic acids is 1. The molecule has 0 aliphatic rings. The molecule has 0 rings (SSSR count). The average molecular weight is 458 g/mol. The molecule has 0 aromatic heterocycles. The SMILES string of the molecule is CCC(CC)(CN=C(N)NC(C)COC)NC(=O)OC(C)(C)C.I. The van der Waals surface area contributed by atoms with Gasteiger partial charge in [-0.25, -0.2) is 4.79 Å². The second-order valence-electron chi connectivity index (χ2n) is 6.82. The van der Waals surface area contributed by atoms with Crippen LogP contribution in [-0.2, 0) is 9.47 Å². The van der Waals surface area contributed by atoms with Crippen molar-refractivity contribution < 1.29 is 14.3 Å². The maximum atomic E-state index is 12.1. The van der Waals surface area contributed by atoms with Gasteiger partial charge in [0.2, 0.25) is 0 Å². The molecule has 0 heterocycles. The minimum absolute atomic E-state index is 0. The molecule has 4 N–H and O–H groups in total. The molecule has 144 valence electrons. The molecule has 0 aromatic carbocycles. The first-order chi connectivity index (χ1) is 10.6. The Morgan fingerprint density at radius 2 is 1.79 bits per heavy atom. The molecule has 0 aliphatic carbocycles. The lowest BCUT2D eigenvalue weighted by Gasteiger charge is -2.32. The molecule has 1 atom stereocenters. The van der Waals surface area contributed by atoms with E-state index in [1.54, 1.807) is 7.11 Å². The Bertz CT molecular complexity index is 393. The number of amides is 1. The van der Waals surface area contributed by atoms with Gasteiger partial charge in [0.1, 0.15) is 5.60 Å². The first kappa shape index (κ1) is 25.5. The normalized spacial score (nSPS) is 13.7. The molecule has 24 heavy (non-hydrogen) atoms. The van der Waals surface area contributed by atoms with Crippen molar-refractivity contribution in [3.8, 4) is 0 Å². The lowest BCUT2D eigenvalue weighted by Crippen LogP contribution is -2.52. The molecule has 1 amide bonds. The van der Waals surface area contributed by atoms with Crippen molar-refractivity contribution in [3.63, 3.8) is 0 Å². The second kappa shape index (κ2) is 11.7. The van der Waals surface area contributed by atoms with E-state index < -0.39 is 17.2 Å². The van der Waals surface area contributed by atoms with Crippen LogP contribution in [0.15, 0.2) is 4.99 Å². The highest BCUT2D eigenvalue weighted by molar-refractivity contribution is 14.0. The predicted molar refractivity (Wildman–Crippen MR) is 109 cm³/mol. The fourth-order valence-electron chi connectivity index (χ4n) is 2.04. The van der Waals surface area contributed by atoms with E-state index in [-0.39, 0.29) is 30.0 Å². The summed E-state index contributed by atoms with van der Waals surface area (Å²) in [6.45, 7) is 12.4. The van der Waals surface area contributed by atoms with Gasteiger partial charge in [0.05, 0.1) is 18.7 Å². The third-order valence-electron chi connectivity index (χ3n) is 3.48. The average Bonchev–Trinajstić information content (AvgIpc) is 2.41. The van der Waals surface area contributed by atoms with Crippen molar-refractivity contribution >= 4 is 36.0 Å². The summed E-state index contributed by atoms with van der Waals surface area (Å²) in [7, 11) is 1.63. The van der Waals surface area contributed by atoms with E-state index in [9.17, 15) is 4.79 Å². The fourth-order valence-corrected chi connectivity index (χ4v) is 2.04. The van der Waals surface area contributed by atoms with Gasteiger partial charge in [0.15, 0.2) is 5.96 Å². The van der Waals surface area contributed by atoms with Crippen molar-refractivity contribution in [2.24, 2.45) is 10.7 Å². The molecule has 0 spiro atoms. The zero-order valence-corrected chi connectivity index (χ0v) is 18.4. The Morgan fingerprint density at radius 1 is 1.25 bits per heavy atom. The van der Waals surface area contributed by atoms with Crippen molar-refractivity contribution in [1.82, 2.24) is 10.6 Å². The van der Waals surface area contributed by atoms with E-state index in [1.165, 1.54) is 0 Å². The van der Waals surface area contributed by atoms with Gasteiger partial charge in [-0.05, 0) is 40.5 Å². The van der Waals surface area contributed by atoms with Gasteiger partial charge in [0.25, 0.3) is 0 Å². The molecular formula is C16H35IN4O3. The maximum absolute atomic E-state index is 12.1. The molecule has 0 radical (unpaired) electrons. The van der Waals surface area contributed by atoms with Crippen LogP contribution in [0.25, 0.3) is 0 Å². The number of halogens is 1. The molecule has 1 unspecified atom stereocenters. The number of hydrogen-bond donors (Lipinski definition) is 3. The number of ether oxygens (including phenoxy) is 2. The van der Waals surface area contributed by atoms with Crippen LogP contribution in [0.2, 0.25) is 0 Å². The first-order valence-electron chi connectivity index (χ1n) is 8.14. The minimum atomic E-state index is -0.531. The number of rotatable bonds is 8. The van der Waals surface area contributed by atoms with E-state index in [1.807, 2.05) is 41.5 Å². The zero-order valence-electron chi connectivity index (χ0n) is 16.1. The molecule has 0 bridgehead atoms. The molecule has 0 fully saturated rings. The van der Waals surface area contributed by atoms with Crippen LogP contribution in [0.4, 0.5) is 4.79 Å². The molecule has 0 saturated heterocycles. The summed E-state index contributed by atoms with van der Waals surface area (Å²) < 4.78 is 10.4. The van der Waals surface area contributed by atoms with E-state index in [0.29, 0.717) is 19.1 Å². The van der Waals surface area contributed by atoms with Crippen molar-refractivity contribution in [3.05, 3.63) is 0 Å². The van der Waals surface area contributed by atoms with Gasteiger partial charge >= 0.3 is 6.09 Å². The van der Waals surface area contributed by atoms with Crippen LogP contribution >= 0.6 is 24.0 Å². The van der Waals surface area contributed by atoms with Gasteiger partial charge < -0.3 is 25.8 Å². The van der Waals surface area contributed by atoms with Crippen LogP contribution in [0.1, 0.15) is 54.4 Å². The van der Waals surface area contributed by atoms with E-state index >= 15 is 0 Å². The lowest BCUT2D eigenvalue weighted by atomic mass is 9.93. The Hall–Kier alpha value is -0.770. The third kappa shape index (κ3) is 10.9. The van der Waals surface area contributed by atoms with Gasteiger partial charge in [-0.3, -0.25) is 4.99 Å². The topological polar surface area (TPSA) is 98.0 Å². The van der Waals surface area contributed by atoms with Crippen LogP contribution < -0.4 is 16.4 Å². The van der Waals surface area contributed by atoms with Crippen LogP contribution in [0.3, 0.4) is 0 Å². The predicted octanol–water partition coefficient (Wildman–Crippen LogP) is 2.63. The number of nitrogens with one attached hydrogen (secondary N) is 2. The molecule has 0 saturated carbocycles. The van der Waals surface area contributed by atoms with Crippen LogP contribution in [0.5, 0.6) is 0 Å². The summed E-state index contributed by atoms with van der Waals surface area (Å²) in [5, 5.41) is 6.00. The highest BCUT2D eigenvalue weighted by Gasteiger charge is 2.30. The van der Waals surface area contributed by atoms with Gasteiger partial charge in [-0.15, -0.1) is 24.0 Å². The first-order valence-corrected chi connectivity index (χ1v) is 8.14. The molecule has 0 aromatic rings. The van der Waals surface area contributed by atoms with Gasteiger partial charge in [-0.1, -0.05) is 13.8 Å². The van der Waals surface area contributed by atoms with E-state index in [0.717, 1.165) is 12.8 Å². The number of alkyl carbamates (subject to hydrolysis) is 1. The minimum Gasteiger partial charge on any atom is -0.444 e. The Morgan fingerprint density at radius 3 is 2.21 bits per heavy atom. The van der Waals surface area contributed by atoms with Gasteiger partial charge in [0, 0.05) is 13.2 Å². The van der Waals surface area contributed by atoms with Crippen molar-refractivity contribution in [1.29, 1.82) is 0 Å². The zero-order chi connectivity index (χ0) is 18.1. The highest BCUT2D eigenvalue weighted by atomic mass is 127.